The third kappa shape index (κ3) is 4.28. The SMILES string of the molecule is Cl.Cn1cc(CNC(=O)C2CC3CCCC(C2)C3N)c(C(F)(F)F)n1. The highest BCUT2D eigenvalue weighted by molar-refractivity contribution is 5.85. The number of amides is 1. The monoisotopic (exact) mass is 380 g/mol. The molecule has 0 aliphatic heterocycles. The van der Waals surface area contributed by atoms with Gasteiger partial charge in [0.1, 0.15) is 0 Å². The smallest absolute Gasteiger partial charge is 0.352 e. The van der Waals surface area contributed by atoms with Gasteiger partial charge >= 0.3 is 6.18 Å². The van der Waals surface area contributed by atoms with E-state index >= 15 is 0 Å². The van der Waals surface area contributed by atoms with E-state index in [0.29, 0.717) is 11.8 Å². The van der Waals surface area contributed by atoms with E-state index in [0.717, 1.165) is 36.8 Å². The minimum atomic E-state index is -4.52. The van der Waals surface area contributed by atoms with Gasteiger partial charge in [-0.25, -0.2) is 0 Å². The number of fused-ring (bicyclic) bond motifs is 2. The number of aryl methyl sites for hydroxylation is 1. The van der Waals surface area contributed by atoms with Crippen molar-refractivity contribution >= 4 is 18.3 Å². The number of alkyl halides is 3. The van der Waals surface area contributed by atoms with Crippen molar-refractivity contribution < 1.29 is 18.0 Å². The normalized spacial score (nSPS) is 29.0. The number of rotatable bonds is 3. The Morgan fingerprint density at radius 3 is 2.52 bits per heavy atom. The van der Waals surface area contributed by atoms with Gasteiger partial charge in [-0.3, -0.25) is 9.48 Å². The summed E-state index contributed by atoms with van der Waals surface area (Å²) in [6.45, 7) is -0.153. The lowest BCUT2D eigenvalue weighted by molar-refractivity contribution is -0.142. The van der Waals surface area contributed by atoms with Crippen LogP contribution in [0.5, 0.6) is 0 Å². The Morgan fingerprint density at radius 1 is 1.36 bits per heavy atom. The van der Waals surface area contributed by atoms with Crippen molar-refractivity contribution in [1.29, 1.82) is 0 Å². The summed E-state index contributed by atoms with van der Waals surface area (Å²) in [6.07, 6.45) is 1.50. The van der Waals surface area contributed by atoms with Gasteiger partial charge in [-0.2, -0.15) is 18.3 Å². The summed E-state index contributed by atoms with van der Waals surface area (Å²) in [6, 6.07) is 0.165. The molecule has 5 nitrogen and oxygen atoms in total. The second-order valence-electron chi connectivity index (χ2n) is 7.09. The minimum Gasteiger partial charge on any atom is -0.352 e. The second-order valence-corrected chi connectivity index (χ2v) is 7.09. The summed E-state index contributed by atoms with van der Waals surface area (Å²) in [4.78, 5) is 12.4. The first-order chi connectivity index (χ1) is 11.3. The molecular formula is C16H24ClF3N4O. The van der Waals surface area contributed by atoms with Crippen molar-refractivity contribution in [3.8, 4) is 0 Å². The molecule has 1 aromatic heterocycles. The molecule has 2 unspecified atom stereocenters. The molecule has 142 valence electrons. The van der Waals surface area contributed by atoms with Crippen LogP contribution >= 0.6 is 12.4 Å². The number of carbonyl (C=O) groups excluding carboxylic acids is 1. The Kier molecular flexibility index (Phi) is 6.04. The van der Waals surface area contributed by atoms with Crippen LogP contribution in [0.15, 0.2) is 6.20 Å². The first-order valence-corrected chi connectivity index (χ1v) is 8.38. The van der Waals surface area contributed by atoms with E-state index in [1.54, 1.807) is 0 Å². The quantitative estimate of drug-likeness (QED) is 0.846. The first-order valence-electron chi connectivity index (χ1n) is 8.38. The maximum Gasteiger partial charge on any atom is 0.435 e. The van der Waals surface area contributed by atoms with Crippen molar-refractivity contribution in [3.63, 3.8) is 0 Å². The zero-order valence-electron chi connectivity index (χ0n) is 14.1. The summed E-state index contributed by atoms with van der Waals surface area (Å²) < 4.78 is 39.9. The summed E-state index contributed by atoms with van der Waals surface area (Å²) in [5.74, 6) is 0.400. The van der Waals surface area contributed by atoms with E-state index in [4.69, 9.17) is 5.73 Å². The van der Waals surface area contributed by atoms with E-state index < -0.39 is 11.9 Å². The van der Waals surface area contributed by atoms with Crippen LogP contribution in [0.1, 0.15) is 43.4 Å². The molecule has 2 fully saturated rings. The molecule has 1 heterocycles. The van der Waals surface area contributed by atoms with Crippen LogP contribution in [-0.2, 0) is 24.6 Å². The number of hydrogen-bond acceptors (Lipinski definition) is 3. The summed E-state index contributed by atoms with van der Waals surface area (Å²) in [5.41, 5.74) is 5.27. The Hall–Kier alpha value is -1.28. The zero-order chi connectivity index (χ0) is 17.5. The number of halogens is 4. The molecule has 2 atom stereocenters. The van der Waals surface area contributed by atoms with E-state index in [2.05, 4.69) is 10.4 Å². The van der Waals surface area contributed by atoms with Crippen LogP contribution < -0.4 is 11.1 Å². The Morgan fingerprint density at radius 2 is 1.96 bits per heavy atom. The molecule has 0 radical (unpaired) electrons. The van der Waals surface area contributed by atoms with Crippen molar-refractivity contribution in [2.75, 3.05) is 0 Å². The standard InChI is InChI=1S/C16H23F3N4O.ClH/c1-23-8-12(14(22-23)16(17,18)19)7-21-15(24)11-5-9-3-2-4-10(6-11)13(9)20;/h8-11,13H,2-7,20H2,1H3,(H,21,24);1H. The van der Waals surface area contributed by atoms with Crippen molar-refractivity contribution in [1.82, 2.24) is 15.1 Å². The third-order valence-electron chi connectivity index (χ3n) is 5.41. The predicted molar refractivity (Wildman–Crippen MR) is 88.8 cm³/mol. The fourth-order valence-electron chi connectivity index (χ4n) is 4.24. The maximum atomic E-state index is 12.9. The fraction of sp³-hybridized carbons (Fsp3) is 0.750. The van der Waals surface area contributed by atoms with Gasteiger partial charge < -0.3 is 11.1 Å². The minimum absolute atomic E-state index is 0. The molecule has 3 N–H and O–H groups in total. The van der Waals surface area contributed by atoms with Gasteiger partial charge in [0.25, 0.3) is 0 Å². The Bertz CT molecular complexity index is 605. The first kappa shape index (κ1) is 20.0. The molecule has 2 aliphatic carbocycles. The molecular weight excluding hydrogens is 357 g/mol. The highest BCUT2D eigenvalue weighted by Crippen LogP contribution is 2.42. The zero-order valence-corrected chi connectivity index (χ0v) is 14.9. The number of nitrogens with two attached hydrogens (primary N) is 1. The van der Waals surface area contributed by atoms with Crippen LogP contribution in [0, 0.1) is 17.8 Å². The van der Waals surface area contributed by atoms with Gasteiger partial charge in [0, 0.05) is 37.3 Å². The highest BCUT2D eigenvalue weighted by Gasteiger charge is 2.41. The summed E-state index contributed by atoms with van der Waals surface area (Å²) in [7, 11) is 1.43. The third-order valence-corrected chi connectivity index (χ3v) is 5.41. The predicted octanol–water partition coefficient (Wildman–Crippen LogP) is 2.63. The largest absolute Gasteiger partial charge is 0.435 e. The molecule has 0 saturated heterocycles. The van der Waals surface area contributed by atoms with Gasteiger partial charge in [-0.1, -0.05) is 6.42 Å². The number of aromatic nitrogens is 2. The molecule has 0 spiro atoms. The van der Waals surface area contributed by atoms with Crippen LogP contribution in [0.2, 0.25) is 0 Å². The average Bonchev–Trinajstić information content (AvgIpc) is 2.85. The maximum absolute atomic E-state index is 12.9. The molecule has 0 aromatic carbocycles. The molecule has 25 heavy (non-hydrogen) atoms. The van der Waals surface area contributed by atoms with Gasteiger partial charge in [0.2, 0.25) is 5.91 Å². The molecule has 2 saturated carbocycles. The van der Waals surface area contributed by atoms with Gasteiger partial charge in [0.05, 0.1) is 0 Å². The van der Waals surface area contributed by atoms with E-state index in [-0.39, 0.29) is 42.4 Å². The van der Waals surface area contributed by atoms with E-state index in [1.165, 1.54) is 13.2 Å². The van der Waals surface area contributed by atoms with Crippen LogP contribution in [-0.4, -0.2) is 21.7 Å². The van der Waals surface area contributed by atoms with Gasteiger partial charge in [0.15, 0.2) is 5.69 Å². The van der Waals surface area contributed by atoms with Crippen LogP contribution in [0.4, 0.5) is 13.2 Å². The lowest BCUT2D eigenvalue weighted by Crippen LogP contribution is -2.49. The number of nitrogens with one attached hydrogen (secondary N) is 1. The summed E-state index contributed by atoms with van der Waals surface area (Å²) in [5, 5.41) is 6.12. The fourth-order valence-corrected chi connectivity index (χ4v) is 4.24. The van der Waals surface area contributed by atoms with Crippen LogP contribution in [0.25, 0.3) is 0 Å². The van der Waals surface area contributed by atoms with Crippen LogP contribution in [0.3, 0.4) is 0 Å². The lowest BCUT2D eigenvalue weighted by Gasteiger charge is -2.43. The summed E-state index contributed by atoms with van der Waals surface area (Å²) >= 11 is 0. The lowest BCUT2D eigenvalue weighted by atomic mass is 9.65. The molecule has 9 heteroatoms. The number of nitrogens with zero attached hydrogens (tertiary/aromatic N) is 2. The second kappa shape index (κ2) is 7.53. The highest BCUT2D eigenvalue weighted by atomic mass is 35.5. The van der Waals surface area contributed by atoms with Crippen molar-refractivity contribution in [2.45, 2.75) is 50.9 Å². The van der Waals surface area contributed by atoms with Gasteiger partial charge in [-0.05, 0) is 37.5 Å². The molecule has 1 aromatic rings. The number of hydrogen-bond donors (Lipinski definition) is 2. The molecule has 2 aliphatic rings. The molecule has 3 rings (SSSR count). The topological polar surface area (TPSA) is 72.9 Å². The number of carbonyl (C=O) groups is 1. The molecule has 2 bridgehead atoms. The average molecular weight is 381 g/mol. The van der Waals surface area contributed by atoms with E-state index in [1.807, 2.05) is 0 Å². The van der Waals surface area contributed by atoms with Crippen molar-refractivity contribution in [2.24, 2.45) is 30.5 Å². The Labute approximate surface area is 150 Å². The van der Waals surface area contributed by atoms with Crippen molar-refractivity contribution in [3.05, 3.63) is 17.5 Å². The van der Waals surface area contributed by atoms with Gasteiger partial charge in [-0.15, -0.1) is 12.4 Å². The molecule has 1 amide bonds. The van der Waals surface area contributed by atoms with E-state index in [9.17, 15) is 18.0 Å². The Balaban J connectivity index is 0.00000225.